The molecule has 1 fully saturated rings. The molecule has 8 heteroatoms. The first kappa shape index (κ1) is 21.1. The monoisotopic (exact) mass is 417 g/mol. The van der Waals surface area contributed by atoms with E-state index in [-0.39, 0.29) is 24.3 Å². The molecule has 0 bridgehead atoms. The van der Waals surface area contributed by atoms with Gasteiger partial charge in [-0.05, 0) is 58.2 Å². The summed E-state index contributed by atoms with van der Waals surface area (Å²) in [6.07, 6.45) is 1.10. The van der Waals surface area contributed by atoms with E-state index in [0.29, 0.717) is 31.5 Å². The molecule has 0 aliphatic carbocycles. The Bertz CT molecular complexity index is 932. The van der Waals surface area contributed by atoms with Crippen LogP contribution in [0.25, 0.3) is 5.00 Å². The highest BCUT2D eigenvalue weighted by atomic mass is 32.1. The highest BCUT2D eigenvalue weighted by molar-refractivity contribution is 7.15. The summed E-state index contributed by atoms with van der Waals surface area (Å²) in [6, 6.07) is 4.02. The number of primary amides is 1. The maximum Gasteiger partial charge on any atom is 0.341 e. The largest absolute Gasteiger partial charge is 0.452 e. The van der Waals surface area contributed by atoms with E-state index < -0.39 is 5.97 Å². The van der Waals surface area contributed by atoms with E-state index in [1.165, 1.54) is 0 Å². The fraction of sp³-hybridized carbons (Fsp3) is 0.476. The van der Waals surface area contributed by atoms with E-state index in [1.54, 1.807) is 16.2 Å². The van der Waals surface area contributed by atoms with Gasteiger partial charge in [-0.25, -0.2) is 4.79 Å². The van der Waals surface area contributed by atoms with Crippen LogP contribution in [0.4, 0.5) is 0 Å². The van der Waals surface area contributed by atoms with Crippen LogP contribution in [0.15, 0.2) is 12.1 Å². The number of amides is 2. The Labute approximate surface area is 174 Å². The normalized spacial score (nSPS) is 14.8. The molecule has 0 spiro atoms. The SMILES string of the molecule is Cc1sc(-n2c(C)ccc2C)c(C(=O)OCC(=O)N2CCC(C(N)=O)CC2)c1C. The van der Waals surface area contributed by atoms with Crippen LogP contribution in [-0.2, 0) is 14.3 Å². The molecule has 0 saturated carbocycles. The molecule has 0 atom stereocenters. The molecule has 2 N–H and O–H groups in total. The van der Waals surface area contributed by atoms with Crippen molar-refractivity contribution in [3.8, 4) is 5.00 Å². The number of aromatic nitrogens is 1. The summed E-state index contributed by atoms with van der Waals surface area (Å²) in [7, 11) is 0. The first-order chi connectivity index (χ1) is 13.7. The van der Waals surface area contributed by atoms with Gasteiger partial charge in [-0.3, -0.25) is 9.59 Å². The van der Waals surface area contributed by atoms with Crippen LogP contribution < -0.4 is 5.73 Å². The van der Waals surface area contributed by atoms with Crippen LogP contribution in [0.5, 0.6) is 0 Å². The molecule has 2 aromatic heterocycles. The Morgan fingerprint density at radius 1 is 1.10 bits per heavy atom. The number of likely N-dealkylation sites (tertiary alicyclic amines) is 1. The summed E-state index contributed by atoms with van der Waals surface area (Å²) >= 11 is 1.54. The van der Waals surface area contributed by atoms with Crippen LogP contribution in [0.2, 0.25) is 0 Å². The van der Waals surface area contributed by atoms with Crippen LogP contribution in [0, 0.1) is 33.6 Å². The van der Waals surface area contributed by atoms with Crippen LogP contribution in [-0.4, -0.2) is 46.9 Å². The second kappa shape index (κ2) is 8.41. The number of esters is 1. The maximum absolute atomic E-state index is 12.9. The lowest BCUT2D eigenvalue weighted by Gasteiger charge is -2.30. The first-order valence-electron chi connectivity index (χ1n) is 9.70. The number of ether oxygens (including phenoxy) is 1. The summed E-state index contributed by atoms with van der Waals surface area (Å²) in [6.45, 7) is 8.45. The second-order valence-corrected chi connectivity index (χ2v) is 8.75. The van der Waals surface area contributed by atoms with Crippen molar-refractivity contribution in [2.24, 2.45) is 11.7 Å². The highest BCUT2D eigenvalue weighted by Crippen LogP contribution is 2.33. The molecule has 2 amide bonds. The minimum Gasteiger partial charge on any atom is -0.452 e. The number of rotatable bonds is 5. The van der Waals surface area contributed by atoms with Crippen molar-refractivity contribution in [1.29, 1.82) is 0 Å². The lowest BCUT2D eigenvalue weighted by atomic mass is 9.96. The molecular weight excluding hydrogens is 390 g/mol. The molecule has 3 rings (SSSR count). The van der Waals surface area contributed by atoms with Crippen molar-refractivity contribution in [1.82, 2.24) is 9.47 Å². The Morgan fingerprint density at radius 2 is 1.69 bits per heavy atom. The lowest BCUT2D eigenvalue weighted by molar-refractivity contribution is -0.137. The smallest absolute Gasteiger partial charge is 0.341 e. The third kappa shape index (κ3) is 4.22. The van der Waals surface area contributed by atoms with E-state index in [9.17, 15) is 14.4 Å². The van der Waals surface area contributed by atoms with Gasteiger partial charge < -0.3 is 19.9 Å². The van der Waals surface area contributed by atoms with Crippen molar-refractivity contribution in [2.75, 3.05) is 19.7 Å². The molecule has 7 nitrogen and oxygen atoms in total. The molecule has 29 heavy (non-hydrogen) atoms. The van der Waals surface area contributed by atoms with E-state index in [4.69, 9.17) is 10.5 Å². The molecule has 156 valence electrons. The minimum atomic E-state index is -0.491. The van der Waals surface area contributed by atoms with E-state index in [2.05, 4.69) is 0 Å². The zero-order chi connectivity index (χ0) is 21.3. The molecular formula is C21H27N3O4S. The summed E-state index contributed by atoms with van der Waals surface area (Å²) in [4.78, 5) is 39.3. The van der Waals surface area contributed by atoms with Crippen molar-refractivity contribution in [3.05, 3.63) is 39.5 Å². The van der Waals surface area contributed by atoms with Crippen LogP contribution >= 0.6 is 11.3 Å². The number of carbonyl (C=O) groups excluding carboxylic acids is 3. The standard InChI is InChI=1S/C21H27N3O4S/c1-12-5-6-13(2)24(12)20-18(14(3)15(4)29-20)21(27)28-11-17(25)23-9-7-16(8-10-23)19(22)26/h5-6,16H,7-11H2,1-4H3,(H2,22,26). The fourth-order valence-corrected chi connectivity index (χ4v) is 4.96. The van der Waals surface area contributed by atoms with E-state index in [0.717, 1.165) is 26.8 Å². The van der Waals surface area contributed by atoms with Gasteiger partial charge in [-0.1, -0.05) is 0 Å². The number of nitrogens with zero attached hydrogens (tertiary/aromatic N) is 2. The van der Waals surface area contributed by atoms with E-state index >= 15 is 0 Å². The number of thiophene rings is 1. The average Bonchev–Trinajstić information content (AvgIpc) is 3.17. The number of piperidine rings is 1. The van der Waals surface area contributed by atoms with Crippen molar-refractivity contribution in [2.45, 2.75) is 40.5 Å². The third-order valence-electron chi connectivity index (χ3n) is 5.62. The molecule has 1 aliphatic rings. The number of hydrogen-bond acceptors (Lipinski definition) is 5. The number of hydrogen-bond donors (Lipinski definition) is 1. The quantitative estimate of drug-likeness (QED) is 0.757. The zero-order valence-electron chi connectivity index (χ0n) is 17.3. The summed E-state index contributed by atoms with van der Waals surface area (Å²) in [5.74, 6) is -1.25. The topological polar surface area (TPSA) is 94.6 Å². The number of carbonyl (C=O) groups is 3. The van der Waals surface area contributed by atoms with Gasteiger partial charge in [-0.2, -0.15) is 0 Å². The van der Waals surface area contributed by atoms with Crippen LogP contribution in [0.3, 0.4) is 0 Å². The lowest BCUT2D eigenvalue weighted by Crippen LogP contribution is -2.43. The molecule has 2 aromatic rings. The Morgan fingerprint density at radius 3 is 2.24 bits per heavy atom. The maximum atomic E-state index is 12.9. The molecule has 1 saturated heterocycles. The molecule has 3 heterocycles. The third-order valence-corrected chi connectivity index (χ3v) is 6.81. The average molecular weight is 418 g/mol. The van der Waals surface area contributed by atoms with Crippen molar-refractivity contribution < 1.29 is 19.1 Å². The number of aryl methyl sites for hydroxylation is 3. The van der Waals surface area contributed by atoms with Crippen LogP contribution in [0.1, 0.15) is 45.0 Å². The van der Waals surface area contributed by atoms with Gasteiger partial charge in [0.2, 0.25) is 5.91 Å². The molecule has 0 aromatic carbocycles. The highest BCUT2D eigenvalue weighted by Gasteiger charge is 2.28. The summed E-state index contributed by atoms with van der Waals surface area (Å²) < 4.78 is 7.44. The predicted molar refractivity (Wildman–Crippen MR) is 111 cm³/mol. The fourth-order valence-electron chi connectivity index (χ4n) is 3.70. The van der Waals surface area contributed by atoms with E-state index in [1.807, 2.05) is 44.4 Å². The van der Waals surface area contributed by atoms with Gasteiger partial charge in [0.25, 0.3) is 5.91 Å². The summed E-state index contributed by atoms with van der Waals surface area (Å²) in [5.41, 5.74) is 8.78. The molecule has 0 unspecified atom stereocenters. The first-order valence-corrected chi connectivity index (χ1v) is 10.5. The second-order valence-electron chi connectivity index (χ2n) is 7.55. The Hall–Kier alpha value is -2.61. The molecule has 0 radical (unpaired) electrons. The van der Waals surface area contributed by atoms with Crippen molar-refractivity contribution in [3.63, 3.8) is 0 Å². The van der Waals surface area contributed by atoms with Gasteiger partial charge in [-0.15, -0.1) is 11.3 Å². The van der Waals surface area contributed by atoms with Gasteiger partial charge in [0.15, 0.2) is 6.61 Å². The Kier molecular flexibility index (Phi) is 6.12. The Balaban J connectivity index is 1.71. The summed E-state index contributed by atoms with van der Waals surface area (Å²) in [5, 5.41) is 0.819. The van der Waals surface area contributed by atoms with Gasteiger partial charge in [0, 0.05) is 35.3 Å². The van der Waals surface area contributed by atoms with Crippen molar-refractivity contribution >= 4 is 29.1 Å². The van der Waals surface area contributed by atoms with Gasteiger partial charge >= 0.3 is 5.97 Å². The minimum absolute atomic E-state index is 0.186. The predicted octanol–water partition coefficient (Wildman–Crippen LogP) is 2.65. The van der Waals surface area contributed by atoms with Gasteiger partial charge in [0.05, 0.1) is 5.56 Å². The zero-order valence-corrected chi connectivity index (χ0v) is 18.1. The molecule has 1 aliphatic heterocycles. The number of nitrogens with two attached hydrogens (primary N) is 1. The van der Waals surface area contributed by atoms with Gasteiger partial charge in [0.1, 0.15) is 5.00 Å².